The molecule has 7 aromatic carbocycles. The van der Waals surface area contributed by atoms with Crippen LogP contribution >= 0.6 is 0 Å². The number of nitrogens with one attached hydrogen (secondary N) is 1. The van der Waals surface area contributed by atoms with E-state index in [0.29, 0.717) is 5.92 Å². The van der Waals surface area contributed by atoms with Crippen LogP contribution in [0.1, 0.15) is 35.3 Å². The topological polar surface area (TPSA) is 46.6 Å². The Hall–Kier alpha value is -7.24. The third-order valence-corrected chi connectivity index (χ3v) is 11.3. The summed E-state index contributed by atoms with van der Waals surface area (Å²) in [5, 5.41) is 8.37. The van der Waals surface area contributed by atoms with Gasteiger partial charge in [-0.1, -0.05) is 170 Å². The predicted molar refractivity (Wildman–Crippen MR) is 233 cm³/mol. The summed E-state index contributed by atoms with van der Waals surface area (Å²) >= 11 is 0. The Morgan fingerprint density at radius 2 is 1.14 bits per heavy atom. The third-order valence-electron chi connectivity index (χ3n) is 11.3. The van der Waals surface area contributed by atoms with Crippen molar-refractivity contribution in [1.82, 2.24) is 14.5 Å². The van der Waals surface area contributed by atoms with Crippen molar-refractivity contribution in [3.8, 4) is 16.8 Å². The fourth-order valence-electron chi connectivity index (χ4n) is 8.73. The van der Waals surface area contributed by atoms with Crippen LogP contribution in [0.5, 0.6) is 0 Å². The van der Waals surface area contributed by atoms with Gasteiger partial charge in [0.1, 0.15) is 11.7 Å². The van der Waals surface area contributed by atoms with E-state index < -0.39 is 6.29 Å². The van der Waals surface area contributed by atoms with Crippen molar-refractivity contribution in [2.45, 2.75) is 18.6 Å². The molecule has 0 saturated carbocycles. The van der Waals surface area contributed by atoms with Gasteiger partial charge in [0.25, 0.3) is 0 Å². The van der Waals surface area contributed by atoms with E-state index >= 15 is 0 Å². The van der Waals surface area contributed by atoms with Gasteiger partial charge in [0.05, 0.1) is 27.8 Å². The van der Waals surface area contributed by atoms with Crippen molar-refractivity contribution in [2.24, 2.45) is 9.98 Å². The molecule has 0 radical (unpaired) electrons. The largest absolute Gasteiger partial charge is 0.324 e. The van der Waals surface area contributed by atoms with Gasteiger partial charge < -0.3 is 9.88 Å². The van der Waals surface area contributed by atoms with E-state index in [-0.39, 0.29) is 0 Å². The molecular formula is C51H37N5. The first-order valence-electron chi connectivity index (χ1n) is 19.3. The summed E-state index contributed by atoms with van der Waals surface area (Å²) in [6, 6.07) is 60.7. The number of allylic oxidation sites excluding steroid dienone is 4. The highest BCUT2D eigenvalue weighted by atomic mass is 15.3. The number of rotatable bonds is 6. The maximum Gasteiger partial charge on any atom is 0.224 e. The molecule has 0 spiro atoms. The molecule has 1 aliphatic heterocycles. The van der Waals surface area contributed by atoms with Crippen LogP contribution in [0.25, 0.3) is 60.4 Å². The van der Waals surface area contributed by atoms with Crippen molar-refractivity contribution in [3.63, 3.8) is 0 Å². The molecule has 0 amide bonds. The van der Waals surface area contributed by atoms with Gasteiger partial charge in [-0.2, -0.15) is 0 Å². The van der Waals surface area contributed by atoms with Crippen LogP contribution in [0.2, 0.25) is 0 Å². The van der Waals surface area contributed by atoms with Crippen molar-refractivity contribution in [1.29, 1.82) is 0 Å². The molecule has 9 aromatic rings. The zero-order valence-corrected chi connectivity index (χ0v) is 30.6. The second-order valence-electron chi connectivity index (χ2n) is 14.6. The van der Waals surface area contributed by atoms with Gasteiger partial charge in [-0.25, -0.2) is 9.98 Å². The summed E-state index contributed by atoms with van der Waals surface area (Å²) in [6.07, 6.45) is 9.36. The fourth-order valence-corrected chi connectivity index (χ4v) is 8.73. The molecule has 3 heterocycles. The molecule has 2 aromatic heterocycles. The molecule has 0 saturated heterocycles. The van der Waals surface area contributed by atoms with E-state index in [4.69, 9.17) is 9.98 Å². The zero-order valence-electron chi connectivity index (χ0n) is 30.6. The highest BCUT2D eigenvalue weighted by Crippen LogP contribution is 2.44. The van der Waals surface area contributed by atoms with Gasteiger partial charge in [0.15, 0.2) is 0 Å². The summed E-state index contributed by atoms with van der Waals surface area (Å²) in [7, 11) is 0. The van der Waals surface area contributed by atoms with Gasteiger partial charge in [-0.05, 0) is 41.8 Å². The van der Waals surface area contributed by atoms with Crippen molar-refractivity contribution >= 4 is 55.3 Å². The highest BCUT2D eigenvalue weighted by Gasteiger charge is 2.27. The van der Waals surface area contributed by atoms with E-state index in [2.05, 4.69) is 196 Å². The Bertz CT molecular complexity index is 3020. The van der Waals surface area contributed by atoms with E-state index in [9.17, 15) is 0 Å². The minimum Gasteiger partial charge on any atom is -0.324 e. The van der Waals surface area contributed by atoms with Gasteiger partial charge in [0, 0.05) is 44.2 Å². The van der Waals surface area contributed by atoms with E-state index in [1.54, 1.807) is 0 Å². The first-order chi connectivity index (χ1) is 27.8. The standard InChI is InChI=1S/C51H37N5/c1-5-17-34(18-6-1)38-29-30-39(35-19-7-2-8-20-35)46(33-38)55-43-27-15-13-25-40(43)41-31-32-45-47(48(41)55)42-26-14-16-28-44(42)56(45)51-53-49(36-21-9-3-10-22-36)52-50(54-51)37-23-11-4-12-24-37/h1-17,19-34,51H,18H2,(H,52,53,54). The Morgan fingerprint density at radius 3 is 1.82 bits per heavy atom. The SMILES string of the molecule is C1=CCC(c2ccc(-c3ccccc3)c(-n3c4ccccc4c4ccc5c(c6ccccc6n5C5N=C(c6ccccc6)NC(c6ccccc6)=N5)c43)c2)C=C1. The second kappa shape index (κ2) is 13.3. The first kappa shape index (κ1) is 32.2. The average Bonchev–Trinajstić information content (AvgIpc) is 3.80. The van der Waals surface area contributed by atoms with Crippen LogP contribution in [0, 0.1) is 0 Å². The maximum atomic E-state index is 5.35. The zero-order chi connectivity index (χ0) is 37.0. The summed E-state index contributed by atoms with van der Waals surface area (Å²) in [5.74, 6) is 1.90. The molecule has 1 N–H and O–H groups in total. The maximum absolute atomic E-state index is 5.35. The quantitative estimate of drug-likeness (QED) is 0.183. The fraction of sp³-hybridized carbons (Fsp3) is 0.0588. The molecule has 11 rings (SSSR count). The highest BCUT2D eigenvalue weighted by molar-refractivity contribution is 6.26. The van der Waals surface area contributed by atoms with Gasteiger partial charge in [0.2, 0.25) is 6.29 Å². The number of benzene rings is 7. The number of nitrogens with zero attached hydrogens (tertiary/aromatic N) is 4. The monoisotopic (exact) mass is 719 g/mol. The van der Waals surface area contributed by atoms with Crippen LogP contribution in [0.4, 0.5) is 0 Å². The molecule has 5 nitrogen and oxygen atoms in total. The molecule has 1 unspecified atom stereocenters. The van der Waals surface area contributed by atoms with Crippen molar-refractivity contribution in [2.75, 3.05) is 0 Å². The Morgan fingerprint density at radius 1 is 0.518 bits per heavy atom. The average molecular weight is 720 g/mol. The van der Waals surface area contributed by atoms with Crippen LogP contribution < -0.4 is 5.32 Å². The van der Waals surface area contributed by atoms with Gasteiger partial charge >= 0.3 is 0 Å². The lowest BCUT2D eigenvalue weighted by atomic mass is 9.90. The lowest BCUT2D eigenvalue weighted by molar-refractivity contribution is 0.575. The number of aliphatic imine (C=N–C) groups is 2. The summed E-state index contributed by atoms with van der Waals surface area (Å²) in [6.45, 7) is 0. The molecule has 1 atom stereocenters. The van der Waals surface area contributed by atoms with Gasteiger partial charge in [-0.3, -0.25) is 4.57 Å². The van der Waals surface area contributed by atoms with Crippen LogP contribution in [0.3, 0.4) is 0 Å². The molecule has 5 heteroatoms. The van der Waals surface area contributed by atoms with Crippen LogP contribution in [-0.2, 0) is 0 Å². The number of aromatic nitrogens is 2. The lowest BCUT2D eigenvalue weighted by Crippen LogP contribution is -2.36. The Labute approximate surface area is 324 Å². The first-order valence-corrected chi connectivity index (χ1v) is 19.3. The number of amidine groups is 2. The number of hydrogen-bond acceptors (Lipinski definition) is 3. The Balaban J connectivity index is 1.23. The normalized spacial score (nSPS) is 15.8. The van der Waals surface area contributed by atoms with E-state index in [1.165, 1.54) is 55.0 Å². The lowest BCUT2D eigenvalue weighted by Gasteiger charge is -2.24. The van der Waals surface area contributed by atoms with E-state index in [0.717, 1.165) is 40.3 Å². The minimum absolute atomic E-state index is 0.312. The summed E-state index contributed by atoms with van der Waals surface area (Å²) in [4.78, 5) is 10.7. The van der Waals surface area contributed by atoms with Crippen molar-refractivity contribution < 1.29 is 0 Å². The smallest absolute Gasteiger partial charge is 0.224 e. The predicted octanol–water partition coefficient (Wildman–Crippen LogP) is 12.1. The molecule has 56 heavy (non-hydrogen) atoms. The number of fused-ring (bicyclic) bond motifs is 7. The molecule has 2 aliphatic rings. The second-order valence-corrected chi connectivity index (χ2v) is 14.6. The van der Waals surface area contributed by atoms with E-state index in [1.807, 2.05) is 12.1 Å². The molecular weight excluding hydrogens is 683 g/mol. The van der Waals surface area contributed by atoms with Crippen LogP contribution in [0.15, 0.2) is 204 Å². The minimum atomic E-state index is -0.548. The molecule has 266 valence electrons. The number of para-hydroxylation sites is 2. The molecule has 1 aliphatic carbocycles. The Kier molecular flexibility index (Phi) is 7.62. The molecule has 0 fully saturated rings. The number of hydrogen-bond donors (Lipinski definition) is 1. The van der Waals surface area contributed by atoms with Crippen molar-refractivity contribution in [3.05, 3.63) is 211 Å². The summed E-state index contributed by atoms with van der Waals surface area (Å²) < 4.78 is 4.85. The summed E-state index contributed by atoms with van der Waals surface area (Å²) in [5.41, 5.74) is 11.4. The third kappa shape index (κ3) is 5.24. The van der Waals surface area contributed by atoms with Crippen LogP contribution in [-0.4, -0.2) is 20.8 Å². The van der Waals surface area contributed by atoms with Gasteiger partial charge in [-0.15, -0.1) is 0 Å². The molecule has 0 bridgehead atoms.